The highest BCUT2D eigenvalue weighted by Crippen LogP contribution is 2.19. The highest BCUT2D eigenvalue weighted by Gasteiger charge is 2.01. The van der Waals surface area contributed by atoms with Crippen LogP contribution in [-0.2, 0) is 19.1 Å². The van der Waals surface area contributed by atoms with Gasteiger partial charge in [0.25, 0.3) is 0 Å². The van der Waals surface area contributed by atoms with E-state index in [-0.39, 0.29) is 11.9 Å². The Labute approximate surface area is 219 Å². The van der Waals surface area contributed by atoms with E-state index in [1.54, 1.807) is 0 Å². The number of benzene rings is 1. The van der Waals surface area contributed by atoms with Crippen LogP contribution < -0.4 is 9.47 Å². The van der Waals surface area contributed by atoms with E-state index in [1.165, 1.54) is 78.4 Å². The third-order valence-electron chi connectivity index (χ3n) is 6.37. The van der Waals surface area contributed by atoms with Gasteiger partial charge in [-0.25, -0.2) is 0 Å². The molecule has 0 radical (unpaired) electrons. The molecular formula is C30H50O6. The van der Waals surface area contributed by atoms with Gasteiger partial charge in [0, 0.05) is 12.8 Å². The Morgan fingerprint density at radius 1 is 0.472 bits per heavy atom. The third-order valence-corrected chi connectivity index (χ3v) is 6.37. The summed E-state index contributed by atoms with van der Waals surface area (Å²) in [7, 11) is 2.89. The summed E-state index contributed by atoms with van der Waals surface area (Å²) >= 11 is 0. The topological polar surface area (TPSA) is 71.1 Å². The lowest BCUT2D eigenvalue weighted by Crippen LogP contribution is -1.99. The van der Waals surface area contributed by atoms with Crippen molar-refractivity contribution in [1.82, 2.24) is 0 Å². The molecule has 6 nitrogen and oxygen atoms in total. The minimum absolute atomic E-state index is 0.0999. The molecule has 1 aromatic carbocycles. The normalized spacial score (nSPS) is 10.7. The summed E-state index contributed by atoms with van der Waals surface area (Å²) in [4.78, 5) is 22.1. The van der Waals surface area contributed by atoms with Gasteiger partial charge in [-0.3, -0.25) is 9.59 Å². The van der Waals surface area contributed by atoms with Crippen molar-refractivity contribution in [3.05, 3.63) is 24.3 Å². The van der Waals surface area contributed by atoms with Crippen LogP contribution in [0.4, 0.5) is 0 Å². The van der Waals surface area contributed by atoms with Gasteiger partial charge in [-0.2, -0.15) is 0 Å². The maximum atomic E-state index is 11.0. The Morgan fingerprint density at radius 3 is 1.06 bits per heavy atom. The van der Waals surface area contributed by atoms with Crippen LogP contribution in [-0.4, -0.2) is 39.4 Å². The second kappa shape index (κ2) is 23.2. The maximum absolute atomic E-state index is 11.0. The predicted octanol–water partition coefficient (Wildman–Crippen LogP) is 7.81. The molecule has 0 unspecified atom stereocenters. The summed E-state index contributed by atoms with van der Waals surface area (Å²) in [6.07, 6.45) is 19.6. The van der Waals surface area contributed by atoms with Crippen LogP contribution in [0.5, 0.6) is 11.5 Å². The van der Waals surface area contributed by atoms with Crippen molar-refractivity contribution in [2.45, 2.75) is 116 Å². The van der Waals surface area contributed by atoms with Crippen LogP contribution >= 0.6 is 0 Å². The zero-order valence-electron chi connectivity index (χ0n) is 22.9. The molecule has 36 heavy (non-hydrogen) atoms. The zero-order chi connectivity index (χ0) is 26.1. The first kappa shape index (κ1) is 31.8. The Kier molecular flexibility index (Phi) is 20.5. The van der Waals surface area contributed by atoms with Crippen LogP contribution in [0.3, 0.4) is 0 Å². The van der Waals surface area contributed by atoms with Crippen LogP contribution in [0.25, 0.3) is 0 Å². The number of esters is 2. The van der Waals surface area contributed by atoms with Crippen molar-refractivity contribution in [2.75, 3.05) is 27.4 Å². The van der Waals surface area contributed by atoms with Crippen molar-refractivity contribution in [3.8, 4) is 11.5 Å². The number of carbonyl (C=O) groups excluding carboxylic acids is 2. The largest absolute Gasteiger partial charge is 0.494 e. The van der Waals surface area contributed by atoms with Crippen molar-refractivity contribution < 1.29 is 28.5 Å². The van der Waals surface area contributed by atoms with Gasteiger partial charge in [0.05, 0.1) is 27.4 Å². The summed E-state index contributed by atoms with van der Waals surface area (Å²) in [5.41, 5.74) is 0. The average molecular weight is 507 g/mol. The lowest BCUT2D eigenvalue weighted by Gasteiger charge is -2.09. The van der Waals surface area contributed by atoms with E-state index in [1.807, 2.05) is 24.3 Å². The molecule has 6 heteroatoms. The predicted molar refractivity (Wildman–Crippen MR) is 145 cm³/mol. The Morgan fingerprint density at radius 2 is 0.750 bits per heavy atom. The fourth-order valence-corrected chi connectivity index (χ4v) is 4.08. The fraction of sp³-hybridized carbons (Fsp3) is 0.733. The van der Waals surface area contributed by atoms with E-state index in [2.05, 4.69) is 9.47 Å². The van der Waals surface area contributed by atoms with Crippen molar-refractivity contribution >= 4 is 11.9 Å². The van der Waals surface area contributed by atoms with Gasteiger partial charge in [0.2, 0.25) is 0 Å². The molecule has 0 atom stereocenters. The first-order valence-corrected chi connectivity index (χ1v) is 14.1. The second-order valence-electron chi connectivity index (χ2n) is 9.48. The molecule has 0 aliphatic heterocycles. The molecule has 0 saturated heterocycles. The Balaban J connectivity index is 1.89. The Hall–Kier alpha value is -2.24. The van der Waals surface area contributed by atoms with Gasteiger partial charge in [0.15, 0.2) is 0 Å². The van der Waals surface area contributed by atoms with Gasteiger partial charge in [-0.1, -0.05) is 77.0 Å². The monoisotopic (exact) mass is 506 g/mol. The molecule has 0 heterocycles. The quantitative estimate of drug-likeness (QED) is 0.105. The van der Waals surface area contributed by atoms with Gasteiger partial charge < -0.3 is 18.9 Å². The standard InChI is InChI=1S/C30H50O6/c1-33-29(31)19-15-11-7-3-5-9-13-17-25-35-27-21-23-28(24-22-27)36-26-18-14-10-6-4-8-12-16-20-30(32)34-2/h21-24H,3-20,25-26H2,1-2H3. The van der Waals surface area contributed by atoms with E-state index in [4.69, 9.17) is 9.47 Å². The van der Waals surface area contributed by atoms with Gasteiger partial charge in [-0.05, 0) is 49.9 Å². The molecule has 0 saturated carbocycles. The molecule has 1 aromatic rings. The number of hydrogen-bond acceptors (Lipinski definition) is 6. The minimum atomic E-state index is -0.0999. The van der Waals surface area contributed by atoms with E-state index in [0.717, 1.165) is 63.2 Å². The molecule has 1 rings (SSSR count). The van der Waals surface area contributed by atoms with Gasteiger partial charge in [-0.15, -0.1) is 0 Å². The van der Waals surface area contributed by atoms with E-state index in [9.17, 15) is 9.59 Å². The molecule has 0 aliphatic rings. The van der Waals surface area contributed by atoms with Crippen LogP contribution in [0.2, 0.25) is 0 Å². The molecule has 0 fully saturated rings. The van der Waals surface area contributed by atoms with Gasteiger partial charge >= 0.3 is 11.9 Å². The van der Waals surface area contributed by atoms with Crippen LogP contribution in [0.15, 0.2) is 24.3 Å². The number of hydrogen-bond donors (Lipinski definition) is 0. The maximum Gasteiger partial charge on any atom is 0.305 e. The highest BCUT2D eigenvalue weighted by molar-refractivity contribution is 5.69. The molecule has 0 bridgehead atoms. The summed E-state index contributed by atoms with van der Waals surface area (Å²) in [6, 6.07) is 7.96. The molecule has 0 amide bonds. The number of carbonyl (C=O) groups is 2. The van der Waals surface area contributed by atoms with E-state index >= 15 is 0 Å². The number of ether oxygens (including phenoxy) is 4. The molecule has 0 spiro atoms. The van der Waals surface area contributed by atoms with Crippen molar-refractivity contribution in [1.29, 1.82) is 0 Å². The first-order chi connectivity index (χ1) is 17.7. The zero-order valence-corrected chi connectivity index (χ0v) is 22.9. The lowest BCUT2D eigenvalue weighted by atomic mass is 10.1. The summed E-state index contributed by atoms with van der Waals surface area (Å²) in [6.45, 7) is 1.51. The number of rotatable bonds is 24. The summed E-state index contributed by atoms with van der Waals surface area (Å²) < 4.78 is 21.0. The summed E-state index contributed by atoms with van der Waals surface area (Å²) in [5.74, 6) is 1.60. The first-order valence-electron chi connectivity index (χ1n) is 14.1. The highest BCUT2D eigenvalue weighted by atomic mass is 16.5. The number of unbranched alkanes of at least 4 members (excludes halogenated alkanes) is 14. The third kappa shape index (κ3) is 19.0. The second-order valence-corrected chi connectivity index (χ2v) is 9.48. The SMILES string of the molecule is COC(=O)CCCCCCCCCCOc1ccc(OCCCCCCCCCCC(=O)OC)cc1. The molecule has 0 N–H and O–H groups in total. The molecule has 206 valence electrons. The minimum Gasteiger partial charge on any atom is -0.494 e. The molecule has 0 aromatic heterocycles. The van der Waals surface area contributed by atoms with Crippen molar-refractivity contribution in [3.63, 3.8) is 0 Å². The Bertz CT molecular complexity index is 601. The fourth-order valence-electron chi connectivity index (χ4n) is 4.08. The van der Waals surface area contributed by atoms with Crippen molar-refractivity contribution in [2.24, 2.45) is 0 Å². The molecular weight excluding hydrogens is 456 g/mol. The number of methoxy groups -OCH3 is 2. The lowest BCUT2D eigenvalue weighted by molar-refractivity contribution is -0.141. The van der Waals surface area contributed by atoms with Crippen LogP contribution in [0, 0.1) is 0 Å². The molecule has 0 aliphatic carbocycles. The smallest absolute Gasteiger partial charge is 0.305 e. The summed E-state index contributed by atoms with van der Waals surface area (Å²) in [5, 5.41) is 0. The average Bonchev–Trinajstić information content (AvgIpc) is 2.90. The van der Waals surface area contributed by atoms with Crippen LogP contribution in [0.1, 0.15) is 116 Å². The van der Waals surface area contributed by atoms with E-state index in [0.29, 0.717) is 12.8 Å². The van der Waals surface area contributed by atoms with E-state index < -0.39 is 0 Å². The van der Waals surface area contributed by atoms with Gasteiger partial charge in [0.1, 0.15) is 11.5 Å².